The molecule has 0 amide bonds. The van der Waals surface area contributed by atoms with Crippen molar-refractivity contribution in [3.8, 4) is 39.1 Å². The third kappa shape index (κ3) is 15.4. The van der Waals surface area contributed by atoms with Gasteiger partial charge in [0.1, 0.15) is 34.9 Å². The largest absolute Gasteiger partial charge is 0.494 e. The van der Waals surface area contributed by atoms with Gasteiger partial charge in [0.2, 0.25) is 30.1 Å². The monoisotopic (exact) mass is 1400 g/mol. The average Bonchev–Trinajstić information content (AvgIpc) is 1.87. The van der Waals surface area contributed by atoms with Crippen LogP contribution in [0.25, 0.3) is 103 Å². The number of imidazole rings is 3. The van der Waals surface area contributed by atoms with E-state index in [9.17, 15) is 34.0 Å². The Balaban J connectivity index is 0.000000147. The second-order valence-corrected chi connectivity index (χ2v) is 26.3. The number of aromatic nitrogens is 6. The van der Waals surface area contributed by atoms with Crippen LogP contribution in [-0.4, -0.2) is 61.8 Å². The number of rotatable bonds is 14. The van der Waals surface area contributed by atoms with Gasteiger partial charge in [-0.15, -0.1) is 0 Å². The van der Waals surface area contributed by atoms with Crippen LogP contribution >= 0.6 is 43.5 Å². The van der Waals surface area contributed by atoms with Crippen molar-refractivity contribution in [2.24, 2.45) is 15.4 Å². The normalized spacial score (nSPS) is 12.1. The number of hydrogen-bond donors (Lipinski definition) is 6. The number of ether oxygens (including phenoxy) is 1. The van der Waals surface area contributed by atoms with E-state index in [1.54, 1.807) is 115 Å². The van der Waals surface area contributed by atoms with Crippen molar-refractivity contribution in [1.82, 2.24) is 29.9 Å². The molecular formula is C65H50Br2ClF2N9O7S3. The second kappa shape index (κ2) is 26.9. The minimum Gasteiger partial charge on any atom is -0.494 e. The summed E-state index contributed by atoms with van der Waals surface area (Å²) >= 11 is 12.8. The Kier molecular flexibility index (Phi) is 19.1. The number of halogens is 5. The lowest BCUT2D eigenvalue weighted by molar-refractivity contribution is 0.340. The van der Waals surface area contributed by atoms with Crippen molar-refractivity contribution < 1.29 is 38.8 Å². The minimum absolute atomic E-state index is 0.0492. The summed E-state index contributed by atoms with van der Waals surface area (Å²) in [5.41, 5.74) is 10.3. The topological polar surface area (TPSA) is 276 Å². The van der Waals surface area contributed by atoms with Crippen LogP contribution in [0, 0.1) is 11.6 Å². The number of H-pyrrole nitrogens is 3. The van der Waals surface area contributed by atoms with Crippen LogP contribution < -0.4 is 20.2 Å². The van der Waals surface area contributed by atoms with Crippen molar-refractivity contribution >= 4 is 143 Å². The van der Waals surface area contributed by atoms with Gasteiger partial charge < -0.3 is 19.7 Å². The van der Waals surface area contributed by atoms with E-state index in [0.717, 1.165) is 49.0 Å². The number of benzene rings is 9. The molecule has 0 unspecified atom stereocenters. The number of nitrogens with one attached hydrogen (secondary N) is 3. The molecule has 0 spiro atoms. The minimum atomic E-state index is -3.86. The first-order valence-electron chi connectivity index (χ1n) is 26.7. The highest BCUT2D eigenvalue weighted by atomic mass is 79.9. The summed E-state index contributed by atoms with van der Waals surface area (Å²) in [6, 6.07) is 51.2. The van der Waals surface area contributed by atoms with E-state index >= 15 is 0 Å². The standard InChI is InChI=1S/C23H20BrN3O3S.C21H15BrFN3O2S.C21H15ClFN3O2S/c1-2-30-17-10-7-15(19(24)14-17)9-12-23-26-20-11-8-16(13-21(20)27-23)18-5-3-4-6-22(18)31(25,28)29;22-16-11-13(5-8-17(16)23)6-10-21-25-18-9-7-14(12-19(18)26-21)15-3-1-2-4-20(15)29(24,27)28;22-16-5-3-6-17(23)15(16)9-11-21-25-18-10-8-13(12-19(18)26-21)14-4-1-2-7-20(14)29(24,27)28/h3-14H,2H2,1H3,(H,26,27)(H2,25,28,29);2*1-12H,(H,25,26)(H2,24,27,28)/b12-9+;10-6+;11-9+. The quantitative estimate of drug-likeness (QED) is 0.0599. The first-order valence-corrected chi connectivity index (χ1v) is 33.3. The predicted octanol–water partition coefficient (Wildman–Crippen LogP) is 15.0. The van der Waals surface area contributed by atoms with E-state index < -0.39 is 35.9 Å². The summed E-state index contributed by atoms with van der Waals surface area (Å²) in [6.45, 7) is 2.56. The molecule has 24 heteroatoms. The number of sulfonamides is 3. The SMILES string of the molecule is CCOc1ccc(/C=C/c2nc3ccc(-c4ccccc4S(N)(=O)=O)cc3[nH]2)c(Br)c1.NS(=O)(=O)c1ccccc1-c1ccc2nc(/C=C/c3c(F)cccc3Cl)[nH]c2c1.NS(=O)(=O)c1ccccc1-c1ccc2nc(/C=C/c3ccc(F)c(Br)c3)[nH]c2c1. The molecule has 0 saturated heterocycles. The van der Waals surface area contributed by atoms with Gasteiger partial charge >= 0.3 is 0 Å². The van der Waals surface area contributed by atoms with Gasteiger partial charge in [-0.2, -0.15) is 0 Å². The maximum atomic E-state index is 13.9. The Labute approximate surface area is 532 Å². The zero-order chi connectivity index (χ0) is 63.2. The van der Waals surface area contributed by atoms with Gasteiger partial charge in [0.15, 0.2) is 0 Å². The molecule has 9 aromatic carbocycles. The molecule has 16 nitrogen and oxygen atoms in total. The van der Waals surface area contributed by atoms with Crippen LogP contribution in [-0.2, 0) is 30.1 Å². The van der Waals surface area contributed by atoms with Gasteiger partial charge in [0.25, 0.3) is 0 Å². The number of nitrogens with two attached hydrogens (primary N) is 3. The zero-order valence-corrected chi connectivity index (χ0v) is 52.9. The van der Waals surface area contributed by atoms with E-state index in [0.29, 0.717) is 72.4 Å². The molecular weight excluding hydrogens is 1350 g/mol. The number of hydrogen-bond acceptors (Lipinski definition) is 10. The number of nitrogens with zero attached hydrogens (tertiary/aromatic N) is 3. The molecule has 3 aromatic heterocycles. The highest BCUT2D eigenvalue weighted by Gasteiger charge is 2.19. The molecule has 0 fully saturated rings. The zero-order valence-electron chi connectivity index (χ0n) is 46.5. The lowest BCUT2D eigenvalue weighted by Crippen LogP contribution is -2.13. The Morgan fingerprint density at radius 2 is 0.910 bits per heavy atom. The summed E-state index contributed by atoms with van der Waals surface area (Å²) in [7, 11) is -11.5. The molecule has 0 atom stereocenters. The molecule has 89 heavy (non-hydrogen) atoms. The van der Waals surface area contributed by atoms with E-state index in [1.807, 2.05) is 73.7 Å². The smallest absolute Gasteiger partial charge is 0.238 e. The van der Waals surface area contributed by atoms with E-state index in [2.05, 4.69) is 61.8 Å². The predicted molar refractivity (Wildman–Crippen MR) is 356 cm³/mol. The van der Waals surface area contributed by atoms with Crippen LogP contribution in [0.3, 0.4) is 0 Å². The molecule has 450 valence electrons. The van der Waals surface area contributed by atoms with Crippen LogP contribution in [0.1, 0.15) is 41.1 Å². The van der Waals surface area contributed by atoms with Crippen molar-refractivity contribution in [1.29, 1.82) is 0 Å². The average molecular weight is 1400 g/mol. The van der Waals surface area contributed by atoms with Crippen LogP contribution in [0.5, 0.6) is 5.75 Å². The fraction of sp³-hybridized carbons (Fsp3) is 0.0308. The highest BCUT2D eigenvalue weighted by Crippen LogP contribution is 2.33. The summed E-state index contributed by atoms with van der Waals surface area (Å²) in [6.07, 6.45) is 10.6. The molecule has 0 aliphatic heterocycles. The molecule has 3 heterocycles. The molecule has 0 bridgehead atoms. The van der Waals surface area contributed by atoms with Gasteiger partial charge in [0.05, 0.1) is 63.9 Å². The van der Waals surface area contributed by atoms with Gasteiger partial charge in [-0.3, -0.25) is 0 Å². The molecule has 12 rings (SSSR count). The molecule has 0 radical (unpaired) electrons. The van der Waals surface area contributed by atoms with Crippen LogP contribution in [0.2, 0.25) is 5.02 Å². The lowest BCUT2D eigenvalue weighted by atomic mass is 10.1. The van der Waals surface area contributed by atoms with Crippen molar-refractivity contribution in [3.63, 3.8) is 0 Å². The summed E-state index contributed by atoms with van der Waals surface area (Å²) < 4.78 is 105. The van der Waals surface area contributed by atoms with E-state index in [1.165, 1.54) is 36.4 Å². The maximum absolute atomic E-state index is 13.9. The number of fused-ring (bicyclic) bond motifs is 3. The van der Waals surface area contributed by atoms with Gasteiger partial charge in [-0.1, -0.05) is 131 Å². The molecule has 0 aliphatic carbocycles. The van der Waals surface area contributed by atoms with Gasteiger partial charge in [-0.05, 0) is 166 Å². The van der Waals surface area contributed by atoms with E-state index in [4.69, 9.17) is 31.8 Å². The third-order valence-corrected chi connectivity index (χ3v) is 18.0. The summed E-state index contributed by atoms with van der Waals surface area (Å²) in [5, 5.41) is 16.4. The Morgan fingerprint density at radius 3 is 1.33 bits per heavy atom. The lowest BCUT2D eigenvalue weighted by Gasteiger charge is -2.07. The Hall–Kier alpha value is -8.75. The summed E-state index contributed by atoms with van der Waals surface area (Å²) in [5.74, 6) is 1.88. The van der Waals surface area contributed by atoms with E-state index in [-0.39, 0.29) is 26.1 Å². The van der Waals surface area contributed by atoms with Crippen molar-refractivity contribution in [3.05, 3.63) is 242 Å². The number of primary sulfonamides is 3. The second-order valence-electron chi connectivity index (χ2n) is 19.6. The van der Waals surface area contributed by atoms with Crippen molar-refractivity contribution in [2.45, 2.75) is 21.6 Å². The first-order chi connectivity index (χ1) is 42.5. The maximum Gasteiger partial charge on any atom is 0.238 e. The Bertz CT molecular complexity index is 5120. The molecule has 0 aliphatic rings. The third-order valence-electron chi connectivity index (χ3n) is 13.5. The fourth-order valence-electron chi connectivity index (χ4n) is 9.38. The molecule has 9 N–H and O–H groups in total. The first kappa shape index (κ1) is 63.3. The summed E-state index contributed by atoms with van der Waals surface area (Å²) in [4.78, 5) is 23.3. The fourth-order valence-corrected chi connectivity index (χ4v) is 12.8. The number of aromatic amines is 3. The molecule has 0 saturated carbocycles. The van der Waals surface area contributed by atoms with Crippen molar-refractivity contribution in [2.75, 3.05) is 6.61 Å². The van der Waals surface area contributed by atoms with Crippen LogP contribution in [0.15, 0.2) is 206 Å². The van der Waals surface area contributed by atoms with Crippen LogP contribution in [0.4, 0.5) is 8.78 Å². The van der Waals surface area contributed by atoms with Gasteiger partial charge in [-0.25, -0.2) is 64.4 Å². The van der Waals surface area contributed by atoms with Gasteiger partial charge in [0, 0.05) is 26.7 Å². The highest BCUT2D eigenvalue weighted by molar-refractivity contribution is 9.10. The Morgan fingerprint density at radius 1 is 0.472 bits per heavy atom. The molecule has 12 aromatic rings.